The summed E-state index contributed by atoms with van der Waals surface area (Å²) in [5, 5.41) is 5.31. The maximum absolute atomic E-state index is 14.7. The van der Waals surface area contributed by atoms with Gasteiger partial charge in [0.15, 0.2) is 0 Å². The third-order valence-corrected chi connectivity index (χ3v) is 5.42. The molecular formula is C24H23FN6O3. The van der Waals surface area contributed by atoms with E-state index in [2.05, 4.69) is 30.6 Å². The minimum atomic E-state index is -0.463. The van der Waals surface area contributed by atoms with Crippen molar-refractivity contribution in [2.45, 2.75) is 19.4 Å². The molecule has 174 valence electrons. The number of ether oxygens (including phenoxy) is 2. The molecule has 0 saturated carbocycles. The summed E-state index contributed by atoms with van der Waals surface area (Å²) in [5.74, 6) is 0.301. The Morgan fingerprint density at radius 3 is 2.91 bits per heavy atom. The van der Waals surface area contributed by atoms with Crippen LogP contribution in [0.25, 0.3) is 33.4 Å². The molecule has 4 aromatic rings. The maximum Gasteiger partial charge on any atom is 0.321 e. The summed E-state index contributed by atoms with van der Waals surface area (Å²) in [7, 11) is 0. The number of H-pyrrole nitrogens is 1. The molecule has 2 amide bonds. The van der Waals surface area contributed by atoms with Gasteiger partial charge >= 0.3 is 6.03 Å². The first kappa shape index (κ1) is 21.8. The van der Waals surface area contributed by atoms with Gasteiger partial charge in [0, 0.05) is 42.6 Å². The second-order valence-electron chi connectivity index (χ2n) is 7.81. The topological polar surface area (TPSA) is 114 Å². The van der Waals surface area contributed by atoms with Gasteiger partial charge in [-0.05, 0) is 42.8 Å². The zero-order valence-electron chi connectivity index (χ0n) is 18.5. The van der Waals surface area contributed by atoms with Crippen molar-refractivity contribution in [3.8, 4) is 28.3 Å². The van der Waals surface area contributed by atoms with E-state index in [4.69, 9.17) is 9.47 Å². The predicted octanol–water partition coefficient (Wildman–Crippen LogP) is 4.14. The molecule has 3 N–H and O–H groups in total. The first-order valence-corrected chi connectivity index (χ1v) is 11.0. The molecular weight excluding hydrogens is 439 g/mol. The smallest absolute Gasteiger partial charge is 0.321 e. The molecule has 1 aromatic carbocycles. The first-order valence-electron chi connectivity index (χ1n) is 11.0. The molecule has 0 spiro atoms. The van der Waals surface area contributed by atoms with Gasteiger partial charge < -0.3 is 19.8 Å². The lowest BCUT2D eigenvalue weighted by molar-refractivity contribution is 0.138. The fourth-order valence-corrected chi connectivity index (χ4v) is 3.82. The highest BCUT2D eigenvalue weighted by atomic mass is 19.1. The quantitative estimate of drug-likeness (QED) is 0.397. The minimum absolute atomic E-state index is 0.00770. The van der Waals surface area contributed by atoms with Gasteiger partial charge in [-0.3, -0.25) is 10.3 Å². The van der Waals surface area contributed by atoms with Crippen LogP contribution in [0, 0.1) is 5.82 Å². The van der Waals surface area contributed by atoms with Crippen LogP contribution in [-0.2, 0) is 4.74 Å². The summed E-state index contributed by atoms with van der Waals surface area (Å²) in [6, 6.07) is 9.85. The summed E-state index contributed by atoms with van der Waals surface area (Å²) in [6.45, 7) is 3.54. The van der Waals surface area contributed by atoms with Gasteiger partial charge in [0.2, 0.25) is 11.8 Å². The van der Waals surface area contributed by atoms with E-state index >= 15 is 0 Å². The fraction of sp³-hybridized carbons (Fsp3) is 0.250. The normalized spacial score (nSPS) is 15.4. The highest BCUT2D eigenvalue weighted by Crippen LogP contribution is 2.34. The Kier molecular flexibility index (Phi) is 6.05. The number of benzene rings is 1. The number of rotatable bonds is 6. The zero-order valence-corrected chi connectivity index (χ0v) is 18.5. The summed E-state index contributed by atoms with van der Waals surface area (Å²) < 4.78 is 25.9. The van der Waals surface area contributed by atoms with Crippen molar-refractivity contribution in [3.05, 3.63) is 54.6 Å². The van der Waals surface area contributed by atoms with Gasteiger partial charge in [-0.25, -0.2) is 19.2 Å². The van der Waals surface area contributed by atoms with Gasteiger partial charge in [0.25, 0.3) is 0 Å². The Hall–Kier alpha value is -4.05. The molecule has 1 aliphatic rings. The standard InChI is InChI=1S/C24H23FN6O3/c1-2-26-24(32)31-23-29-19-11-15(10-17(22(19)30-23)21-18(25)4-3-8-27-21)14-5-6-20(28-12-14)34-16-7-9-33-13-16/h3-6,8,10-12,16H,2,7,9,13H2,1H3,(H3,26,29,30,31,32). The van der Waals surface area contributed by atoms with Crippen LogP contribution in [0.15, 0.2) is 48.8 Å². The van der Waals surface area contributed by atoms with Crippen LogP contribution in [0.1, 0.15) is 13.3 Å². The summed E-state index contributed by atoms with van der Waals surface area (Å²) in [5.41, 5.74) is 3.37. The molecule has 5 rings (SSSR count). The lowest BCUT2D eigenvalue weighted by Gasteiger charge is -2.11. The molecule has 10 heteroatoms. The number of halogens is 1. The van der Waals surface area contributed by atoms with Crippen LogP contribution < -0.4 is 15.4 Å². The van der Waals surface area contributed by atoms with Crippen LogP contribution >= 0.6 is 0 Å². The van der Waals surface area contributed by atoms with E-state index in [9.17, 15) is 9.18 Å². The number of hydrogen-bond acceptors (Lipinski definition) is 6. The van der Waals surface area contributed by atoms with Crippen molar-refractivity contribution in [1.82, 2.24) is 25.3 Å². The SMILES string of the molecule is CCNC(=O)Nc1nc2cc(-c3ccc(OC4CCOC4)nc3)cc(-c3ncccc3F)c2[nH]1. The number of carbonyl (C=O) groups excluding carboxylic acids is 1. The average molecular weight is 462 g/mol. The molecule has 1 fully saturated rings. The molecule has 1 atom stereocenters. The number of nitrogens with one attached hydrogen (secondary N) is 3. The van der Waals surface area contributed by atoms with Gasteiger partial charge in [-0.1, -0.05) is 0 Å². The summed E-state index contributed by atoms with van der Waals surface area (Å²) in [6.07, 6.45) is 4.08. The molecule has 9 nitrogen and oxygen atoms in total. The van der Waals surface area contributed by atoms with E-state index in [1.54, 1.807) is 12.3 Å². The van der Waals surface area contributed by atoms with Crippen molar-refractivity contribution in [1.29, 1.82) is 0 Å². The second-order valence-corrected chi connectivity index (χ2v) is 7.81. The van der Waals surface area contributed by atoms with Gasteiger partial charge in [0.1, 0.15) is 17.6 Å². The minimum Gasteiger partial charge on any atom is -0.472 e. The van der Waals surface area contributed by atoms with Crippen molar-refractivity contribution < 1.29 is 18.7 Å². The third kappa shape index (κ3) is 4.53. The number of carbonyl (C=O) groups is 1. The number of nitrogens with zero attached hydrogens (tertiary/aromatic N) is 3. The predicted molar refractivity (Wildman–Crippen MR) is 125 cm³/mol. The second kappa shape index (κ2) is 9.44. The fourth-order valence-electron chi connectivity index (χ4n) is 3.82. The van der Waals surface area contributed by atoms with Crippen LogP contribution in [0.4, 0.5) is 15.1 Å². The van der Waals surface area contributed by atoms with Crippen LogP contribution in [0.2, 0.25) is 0 Å². The van der Waals surface area contributed by atoms with Gasteiger partial charge in [-0.2, -0.15) is 0 Å². The number of anilines is 1. The summed E-state index contributed by atoms with van der Waals surface area (Å²) in [4.78, 5) is 28.2. The Morgan fingerprint density at radius 2 is 2.18 bits per heavy atom. The lowest BCUT2D eigenvalue weighted by atomic mass is 10.0. The zero-order chi connectivity index (χ0) is 23.5. The molecule has 3 aromatic heterocycles. The molecule has 1 unspecified atom stereocenters. The van der Waals surface area contributed by atoms with E-state index in [0.29, 0.717) is 42.2 Å². The van der Waals surface area contributed by atoms with E-state index in [1.165, 1.54) is 18.3 Å². The number of aromatic amines is 1. The van der Waals surface area contributed by atoms with Gasteiger partial charge in [0.05, 0.1) is 24.2 Å². The number of pyridine rings is 2. The molecule has 1 saturated heterocycles. The van der Waals surface area contributed by atoms with E-state index < -0.39 is 5.82 Å². The van der Waals surface area contributed by atoms with Gasteiger partial charge in [-0.15, -0.1) is 0 Å². The molecule has 34 heavy (non-hydrogen) atoms. The largest absolute Gasteiger partial charge is 0.472 e. The number of hydrogen-bond donors (Lipinski definition) is 3. The number of urea groups is 1. The molecule has 0 bridgehead atoms. The Balaban J connectivity index is 1.54. The van der Waals surface area contributed by atoms with Crippen LogP contribution in [-0.4, -0.2) is 51.8 Å². The monoisotopic (exact) mass is 462 g/mol. The lowest BCUT2D eigenvalue weighted by Crippen LogP contribution is -2.28. The van der Waals surface area contributed by atoms with Crippen LogP contribution in [0.3, 0.4) is 0 Å². The Labute approximate surface area is 194 Å². The van der Waals surface area contributed by atoms with Crippen LogP contribution in [0.5, 0.6) is 5.88 Å². The Bertz CT molecular complexity index is 1320. The van der Waals surface area contributed by atoms with E-state index in [-0.39, 0.29) is 23.8 Å². The van der Waals surface area contributed by atoms with Crippen molar-refractivity contribution in [2.24, 2.45) is 0 Å². The molecule has 4 heterocycles. The highest BCUT2D eigenvalue weighted by Gasteiger charge is 2.19. The van der Waals surface area contributed by atoms with Crippen molar-refractivity contribution in [2.75, 3.05) is 25.1 Å². The molecule has 1 aliphatic heterocycles. The number of fused-ring (bicyclic) bond motifs is 1. The van der Waals surface area contributed by atoms with Crippen molar-refractivity contribution >= 4 is 23.0 Å². The molecule has 0 radical (unpaired) electrons. The third-order valence-electron chi connectivity index (χ3n) is 5.42. The van der Waals surface area contributed by atoms with E-state index in [1.807, 2.05) is 25.1 Å². The first-order chi connectivity index (χ1) is 16.6. The average Bonchev–Trinajstić information content (AvgIpc) is 3.49. The number of aromatic nitrogens is 4. The molecule has 0 aliphatic carbocycles. The maximum atomic E-state index is 14.7. The Morgan fingerprint density at radius 1 is 1.26 bits per heavy atom. The van der Waals surface area contributed by atoms with E-state index in [0.717, 1.165) is 17.5 Å². The number of amides is 2. The summed E-state index contributed by atoms with van der Waals surface area (Å²) >= 11 is 0. The number of imidazole rings is 1. The van der Waals surface area contributed by atoms with Crippen molar-refractivity contribution in [3.63, 3.8) is 0 Å². The highest BCUT2D eigenvalue weighted by molar-refractivity contribution is 5.98.